The molecule has 0 bridgehead atoms. The first-order valence-corrected chi connectivity index (χ1v) is 12.8. The molecule has 2 N–H and O–H groups in total. The van der Waals surface area contributed by atoms with E-state index in [0.29, 0.717) is 34.6 Å². The van der Waals surface area contributed by atoms with Crippen molar-refractivity contribution in [1.82, 2.24) is 9.88 Å². The number of aliphatic imine (C=N–C) groups is 1. The Morgan fingerprint density at radius 1 is 1.05 bits per heavy atom. The van der Waals surface area contributed by atoms with Gasteiger partial charge in [-0.1, -0.05) is 6.07 Å². The largest absolute Gasteiger partial charge is 0.494 e. The number of anilines is 1. The third kappa shape index (κ3) is 5.90. The van der Waals surface area contributed by atoms with Gasteiger partial charge in [0.25, 0.3) is 0 Å². The number of aromatic nitrogens is 1. The molecule has 192 valence electrons. The lowest BCUT2D eigenvalue weighted by molar-refractivity contribution is -0.116. The quantitative estimate of drug-likeness (QED) is 0.235. The van der Waals surface area contributed by atoms with Crippen LogP contribution in [-0.4, -0.2) is 66.9 Å². The number of benzene rings is 2. The third-order valence-electron chi connectivity index (χ3n) is 6.00. The first-order chi connectivity index (χ1) is 17.8. The Labute approximate surface area is 219 Å². The molecule has 2 aromatic heterocycles. The van der Waals surface area contributed by atoms with Crippen molar-refractivity contribution in [3.05, 3.63) is 76.0 Å². The summed E-state index contributed by atoms with van der Waals surface area (Å²) in [5, 5.41) is 15.5. The average molecular weight is 519 g/mol. The maximum atomic E-state index is 12.3. The highest BCUT2D eigenvalue weighted by molar-refractivity contribution is 7.08. The molecule has 0 aliphatic heterocycles. The molecule has 2 heterocycles. The number of nitrogens with one attached hydrogen (secondary N) is 1. The van der Waals surface area contributed by atoms with E-state index in [-0.39, 0.29) is 11.8 Å². The Bertz CT molecular complexity index is 1420. The first-order valence-electron chi connectivity index (χ1n) is 11.9. The number of aromatic amines is 1. The molecular weight excluding hydrogens is 488 g/mol. The van der Waals surface area contributed by atoms with E-state index in [9.17, 15) is 14.7 Å². The van der Waals surface area contributed by atoms with Gasteiger partial charge >= 0.3 is 5.97 Å². The highest BCUT2D eigenvalue weighted by Crippen LogP contribution is 2.33. The number of esters is 1. The van der Waals surface area contributed by atoms with E-state index in [4.69, 9.17) is 9.73 Å². The standard InChI is InChI=1S/C28H30N4O4S/c1-18(33)32(14-5-13-31(2)3)22-9-7-21(8-10-22)29-26(20-12-15-37-17-20)25-23-11-6-19(28(35)36-4)16-24(23)30-27(25)34/h6-12,15-17,30,34H,5,13-14H2,1-4H3. The topological polar surface area (TPSA) is 98.2 Å². The van der Waals surface area contributed by atoms with Gasteiger partial charge in [-0.05, 0) is 74.9 Å². The van der Waals surface area contributed by atoms with E-state index in [1.165, 1.54) is 18.4 Å². The van der Waals surface area contributed by atoms with Crippen LogP contribution in [0.15, 0.2) is 64.3 Å². The van der Waals surface area contributed by atoms with Gasteiger partial charge < -0.3 is 24.6 Å². The maximum absolute atomic E-state index is 12.3. The zero-order valence-electron chi connectivity index (χ0n) is 21.3. The molecule has 37 heavy (non-hydrogen) atoms. The van der Waals surface area contributed by atoms with Crippen LogP contribution in [0.5, 0.6) is 5.88 Å². The van der Waals surface area contributed by atoms with Crippen LogP contribution in [-0.2, 0) is 9.53 Å². The van der Waals surface area contributed by atoms with Crippen LogP contribution in [0.4, 0.5) is 11.4 Å². The van der Waals surface area contributed by atoms with Gasteiger partial charge in [0.05, 0.1) is 29.6 Å². The van der Waals surface area contributed by atoms with Gasteiger partial charge in [0, 0.05) is 41.0 Å². The highest BCUT2D eigenvalue weighted by Gasteiger charge is 2.20. The van der Waals surface area contributed by atoms with Crippen LogP contribution < -0.4 is 4.90 Å². The monoisotopic (exact) mass is 518 g/mol. The molecule has 0 saturated carbocycles. The van der Waals surface area contributed by atoms with Crippen molar-refractivity contribution < 1.29 is 19.4 Å². The van der Waals surface area contributed by atoms with Crippen LogP contribution >= 0.6 is 11.3 Å². The number of methoxy groups -OCH3 is 1. The van der Waals surface area contributed by atoms with E-state index < -0.39 is 5.97 Å². The summed E-state index contributed by atoms with van der Waals surface area (Å²) < 4.78 is 4.82. The van der Waals surface area contributed by atoms with Gasteiger partial charge in [0.1, 0.15) is 0 Å². The Morgan fingerprint density at radius 2 is 1.81 bits per heavy atom. The molecule has 8 nitrogen and oxygen atoms in total. The lowest BCUT2D eigenvalue weighted by atomic mass is 10.0. The molecule has 9 heteroatoms. The molecule has 0 spiro atoms. The van der Waals surface area contributed by atoms with E-state index >= 15 is 0 Å². The van der Waals surface area contributed by atoms with Gasteiger partial charge in [0.15, 0.2) is 5.88 Å². The number of carbonyl (C=O) groups excluding carboxylic acids is 2. The van der Waals surface area contributed by atoms with E-state index in [1.807, 2.05) is 55.2 Å². The number of fused-ring (bicyclic) bond motifs is 1. The summed E-state index contributed by atoms with van der Waals surface area (Å²) in [6, 6.07) is 14.5. The molecule has 0 aliphatic rings. The lowest BCUT2D eigenvalue weighted by Gasteiger charge is -2.22. The number of rotatable bonds is 9. The Morgan fingerprint density at radius 3 is 2.43 bits per heavy atom. The smallest absolute Gasteiger partial charge is 0.337 e. The van der Waals surface area contributed by atoms with Crippen molar-refractivity contribution in [2.24, 2.45) is 4.99 Å². The van der Waals surface area contributed by atoms with Crippen LogP contribution in [0, 0.1) is 0 Å². The van der Waals surface area contributed by atoms with Gasteiger partial charge in [0.2, 0.25) is 5.91 Å². The van der Waals surface area contributed by atoms with Crippen LogP contribution in [0.2, 0.25) is 0 Å². The van der Waals surface area contributed by atoms with Gasteiger partial charge in [-0.3, -0.25) is 4.79 Å². The summed E-state index contributed by atoms with van der Waals surface area (Å²) >= 11 is 1.53. The number of hydrogen-bond acceptors (Lipinski definition) is 7. The minimum Gasteiger partial charge on any atom is -0.494 e. The third-order valence-corrected chi connectivity index (χ3v) is 6.68. The van der Waals surface area contributed by atoms with Gasteiger partial charge in [-0.15, -0.1) is 0 Å². The summed E-state index contributed by atoms with van der Waals surface area (Å²) in [5.74, 6) is -0.503. The molecule has 4 aromatic rings. The molecule has 0 saturated heterocycles. The number of hydrogen-bond donors (Lipinski definition) is 2. The molecule has 1 amide bonds. The van der Waals surface area contributed by atoms with Crippen molar-refractivity contribution >= 4 is 51.2 Å². The summed E-state index contributed by atoms with van der Waals surface area (Å²) in [5.41, 5.74) is 4.48. The fourth-order valence-corrected chi connectivity index (χ4v) is 4.82. The maximum Gasteiger partial charge on any atom is 0.337 e. The summed E-state index contributed by atoms with van der Waals surface area (Å²) in [6.07, 6.45) is 0.867. The molecule has 0 aliphatic carbocycles. The highest BCUT2D eigenvalue weighted by atomic mass is 32.1. The molecule has 0 unspecified atom stereocenters. The number of nitrogens with zero attached hydrogens (tertiary/aromatic N) is 3. The Kier molecular flexibility index (Phi) is 8.05. The fraction of sp³-hybridized carbons (Fsp3) is 0.250. The molecule has 4 rings (SSSR count). The second-order valence-corrected chi connectivity index (χ2v) is 9.70. The van der Waals surface area contributed by atoms with Gasteiger partial charge in [-0.25, -0.2) is 9.79 Å². The van der Waals surface area contributed by atoms with Crippen LogP contribution in [0.1, 0.15) is 34.8 Å². The summed E-state index contributed by atoms with van der Waals surface area (Å²) in [6.45, 7) is 3.10. The molecule has 0 radical (unpaired) electrons. The molecule has 0 fully saturated rings. The molecule has 2 aromatic carbocycles. The van der Waals surface area contributed by atoms with Crippen molar-refractivity contribution in [2.45, 2.75) is 13.3 Å². The second-order valence-electron chi connectivity index (χ2n) is 8.92. The number of amides is 1. The first kappa shape index (κ1) is 26.1. The molecule has 0 atom stereocenters. The summed E-state index contributed by atoms with van der Waals surface area (Å²) in [4.78, 5) is 36.0. The SMILES string of the molecule is COC(=O)c1ccc2c(C(=Nc3ccc(N(CCCN(C)C)C(C)=O)cc3)c3ccsc3)c(O)[nH]c2c1. The fourth-order valence-electron chi connectivity index (χ4n) is 4.18. The van der Waals surface area contributed by atoms with E-state index in [0.717, 1.165) is 29.6 Å². The van der Waals surface area contributed by atoms with Gasteiger partial charge in [-0.2, -0.15) is 11.3 Å². The predicted octanol–water partition coefficient (Wildman–Crippen LogP) is 5.20. The zero-order chi connectivity index (χ0) is 26.5. The van der Waals surface area contributed by atoms with E-state index in [2.05, 4.69) is 9.88 Å². The van der Waals surface area contributed by atoms with Crippen LogP contribution in [0.3, 0.4) is 0 Å². The number of aromatic hydroxyl groups is 1. The Hall–Kier alpha value is -3.95. The van der Waals surface area contributed by atoms with Crippen molar-refractivity contribution in [3.8, 4) is 5.88 Å². The summed E-state index contributed by atoms with van der Waals surface area (Å²) in [7, 11) is 5.36. The minimum absolute atomic E-state index is 0.0102. The number of H-pyrrole nitrogens is 1. The number of carbonyl (C=O) groups is 2. The molecular formula is C28H30N4O4S. The average Bonchev–Trinajstić information content (AvgIpc) is 3.52. The number of ether oxygens (including phenoxy) is 1. The normalized spacial score (nSPS) is 11.8. The van der Waals surface area contributed by atoms with E-state index in [1.54, 1.807) is 30.0 Å². The van der Waals surface area contributed by atoms with Crippen molar-refractivity contribution in [2.75, 3.05) is 39.2 Å². The zero-order valence-corrected chi connectivity index (χ0v) is 22.1. The van der Waals surface area contributed by atoms with Crippen molar-refractivity contribution in [1.29, 1.82) is 0 Å². The Balaban J connectivity index is 1.71. The minimum atomic E-state index is -0.453. The number of thiophene rings is 1. The lowest BCUT2D eigenvalue weighted by Crippen LogP contribution is -2.31. The van der Waals surface area contributed by atoms with Crippen molar-refractivity contribution in [3.63, 3.8) is 0 Å². The second kappa shape index (κ2) is 11.4. The van der Waals surface area contributed by atoms with Crippen LogP contribution in [0.25, 0.3) is 10.9 Å². The predicted molar refractivity (Wildman–Crippen MR) is 149 cm³/mol.